The van der Waals surface area contributed by atoms with Gasteiger partial charge in [-0.25, -0.2) is 4.79 Å². The molecule has 0 amide bonds. The summed E-state index contributed by atoms with van der Waals surface area (Å²) in [6, 6.07) is 5.11. The molecule has 0 saturated carbocycles. The van der Waals surface area contributed by atoms with Crippen molar-refractivity contribution in [1.82, 2.24) is 5.16 Å². The first-order valence-electron chi connectivity index (χ1n) is 6.06. The van der Waals surface area contributed by atoms with Crippen molar-refractivity contribution in [3.63, 3.8) is 0 Å². The SMILES string of the molecule is COC(=O)c1cc(NCc2c(C)noc2C)ccc1Cl. The van der Waals surface area contributed by atoms with Gasteiger partial charge in [0.15, 0.2) is 0 Å². The summed E-state index contributed by atoms with van der Waals surface area (Å²) in [6.07, 6.45) is 0. The number of ether oxygens (including phenoxy) is 1. The minimum atomic E-state index is -0.462. The Bertz CT molecular complexity index is 618. The van der Waals surface area contributed by atoms with E-state index in [0.29, 0.717) is 17.1 Å². The number of esters is 1. The first-order chi connectivity index (χ1) is 9.52. The van der Waals surface area contributed by atoms with E-state index in [2.05, 4.69) is 15.2 Å². The van der Waals surface area contributed by atoms with Gasteiger partial charge in [-0.2, -0.15) is 0 Å². The molecule has 1 heterocycles. The Hall–Kier alpha value is -2.01. The number of anilines is 1. The number of halogens is 1. The highest BCUT2D eigenvalue weighted by molar-refractivity contribution is 6.33. The quantitative estimate of drug-likeness (QED) is 0.876. The highest BCUT2D eigenvalue weighted by Gasteiger charge is 2.12. The van der Waals surface area contributed by atoms with E-state index in [1.54, 1.807) is 18.2 Å². The molecule has 2 rings (SSSR count). The van der Waals surface area contributed by atoms with E-state index in [1.807, 2.05) is 13.8 Å². The topological polar surface area (TPSA) is 64.4 Å². The zero-order chi connectivity index (χ0) is 14.7. The fourth-order valence-corrected chi connectivity index (χ4v) is 2.04. The Balaban J connectivity index is 2.16. The number of aromatic nitrogens is 1. The van der Waals surface area contributed by atoms with Gasteiger partial charge in [-0.15, -0.1) is 0 Å². The second kappa shape index (κ2) is 5.96. The van der Waals surface area contributed by atoms with E-state index in [-0.39, 0.29) is 0 Å². The molecule has 2 aromatic rings. The summed E-state index contributed by atoms with van der Waals surface area (Å²) in [7, 11) is 1.32. The van der Waals surface area contributed by atoms with E-state index in [4.69, 9.17) is 16.1 Å². The van der Waals surface area contributed by atoms with E-state index >= 15 is 0 Å². The lowest BCUT2D eigenvalue weighted by molar-refractivity contribution is 0.0601. The van der Waals surface area contributed by atoms with Crippen LogP contribution < -0.4 is 5.32 Å². The molecule has 0 radical (unpaired) electrons. The fourth-order valence-electron chi connectivity index (χ4n) is 1.85. The van der Waals surface area contributed by atoms with Crippen LogP contribution in [0.4, 0.5) is 5.69 Å². The maximum Gasteiger partial charge on any atom is 0.339 e. The predicted octanol–water partition coefficient (Wildman–Crippen LogP) is 3.34. The number of hydrogen-bond donors (Lipinski definition) is 1. The minimum Gasteiger partial charge on any atom is -0.465 e. The summed E-state index contributed by atoms with van der Waals surface area (Å²) < 4.78 is 9.78. The van der Waals surface area contributed by atoms with E-state index in [0.717, 1.165) is 22.7 Å². The molecule has 0 bridgehead atoms. The van der Waals surface area contributed by atoms with Gasteiger partial charge in [-0.1, -0.05) is 16.8 Å². The van der Waals surface area contributed by atoms with Crippen LogP contribution in [0.25, 0.3) is 0 Å². The Morgan fingerprint density at radius 2 is 2.20 bits per heavy atom. The normalized spacial score (nSPS) is 10.4. The van der Waals surface area contributed by atoms with Crippen LogP contribution in [-0.2, 0) is 11.3 Å². The number of carbonyl (C=O) groups is 1. The van der Waals surface area contributed by atoms with Gasteiger partial charge in [-0.05, 0) is 32.0 Å². The smallest absolute Gasteiger partial charge is 0.339 e. The van der Waals surface area contributed by atoms with Crippen molar-refractivity contribution in [3.05, 3.63) is 45.8 Å². The molecule has 0 saturated heterocycles. The van der Waals surface area contributed by atoms with Gasteiger partial charge in [-0.3, -0.25) is 0 Å². The lowest BCUT2D eigenvalue weighted by Gasteiger charge is -2.09. The number of aryl methyl sites for hydroxylation is 2. The molecule has 1 aromatic heterocycles. The molecule has 1 aromatic carbocycles. The van der Waals surface area contributed by atoms with Crippen molar-refractivity contribution in [2.45, 2.75) is 20.4 Å². The van der Waals surface area contributed by atoms with Crippen LogP contribution in [0.5, 0.6) is 0 Å². The summed E-state index contributed by atoms with van der Waals surface area (Å²) in [5.41, 5.74) is 2.95. The third-order valence-electron chi connectivity index (χ3n) is 3.02. The number of carbonyl (C=O) groups excluding carboxylic acids is 1. The minimum absolute atomic E-state index is 0.331. The maximum atomic E-state index is 11.6. The standard InChI is InChI=1S/C14H15ClN2O3/c1-8-12(9(2)20-17-8)7-16-10-4-5-13(15)11(6-10)14(18)19-3/h4-6,16H,7H2,1-3H3. The Labute approximate surface area is 121 Å². The number of benzene rings is 1. The molecule has 106 valence electrons. The monoisotopic (exact) mass is 294 g/mol. The van der Waals surface area contributed by atoms with Crippen molar-refractivity contribution in [3.8, 4) is 0 Å². The highest BCUT2D eigenvalue weighted by Crippen LogP contribution is 2.22. The summed E-state index contributed by atoms with van der Waals surface area (Å²) in [6.45, 7) is 4.30. The van der Waals surface area contributed by atoms with Crippen LogP contribution in [0.2, 0.25) is 5.02 Å². The molecule has 20 heavy (non-hydrogen) atoms. The Morgan fingerprint density at radius 3 is 2.80 bits per heavy atom. The average Bonchev–Trinajstić information content (AvgIpc) is 2.76. The van der Waals surface area contributed by atoms with Gasteiger partial charge in [0.05, 0.1) is 23.4 Å². The maximum absolute atomic E-state index is 11.6. The van der Waals surface area contributed by atoms with E-state index in [1.165, 1.54) is 7.11 Å². The van der Waals surface area contributed by atoms with Crippen LogP contribution in [0.3, 0.4) is 0 Å². The van der Waals surface area contributed by atoms with Gasteiger partial charge >= 0.3 is 5.97 Å². The molecule has 6 heteroatoms. The summed E-state index contributed by atoms with van der Waals surface area (Å²) in [4.78, 5) is 11.6. The number of nitrogens with one attached hydrogen (secondary N) is 1. The number of nitrogens with zero attached hydrogens (tertiary/aromatic N) is 1. The molecule has 0 atom stereocenters. The van der Waals surface area contributed by atoms with Crippen molar-refractivity contribution in [2.24, 2.45) is 0 Å². The van der Waals surface area contributed by atoms with Crippen molar-refractivity contribution in [2.75, 3.05) is 12.4 Å². The van der Waals surface area contributed by atoms with Crippen molar-refractivity contribution in [1.29, 1.82) is 0 Å². The first kappa shape index (κ1) is 14.4. The molecule has 0 aliphatic rings. The van der Waals surface area contributed by atoms with Gasteiger partial charge in [0.25, 0.3) is 0 Å². The van der Waals surface area contributed by atoms with Crippen LogP contribution in [0.15, 0.2) is 22.7 Å². The molecule has 0 fully saturated rings. The van der Waals surface area contributed by atoms with E-state index in [9.17, 15) is 4.79 Å². The largest absolute Gasteiger partial charge is 0.465 e. The lowest BCUT2D eigenvalue weighted by Crippen LogP contribution is -2.05. The summed E-state index contributed by atoms with van der Waals surface area (Å²) in [5, 5.41) is 7.46. The first-order valence-corrected chi connectivity index (χ1v) is 6.44. The zero-order valence-corrected chi connectivity index (χ0v) is 12.2. The Kier molecular flexibility index (Phi) is 4.29. The second-order valence-electron chi connectivity index (χ2n) is 4.34. The van der Waals surface area contributed by atoms with Crippen LogP contribution in [-0.4, -0.2) is 18.2 Å². The Morgan fingerprint density at radius 1 is 1.45 bits per heavy atom. The average molecular weight is 295 g/mol. The van der Waals surface area contributed by atoms with Gasteiger partial charge in [0.2, 0.25) is 0 Å². The summed E-state index contributed by atoms with van der Waals surface area (Å²) >= 11 is 5.97. The van der Waals surface area contributed by atoms with Crippen LogP contribution in [0.1, 0.15) is 27.4 Å². The van der Waals surface area contributed by atoms with Gasteiger partial charge in [0.1, 0.15) is 5.76 Å². The molecule has 0 aliphatic carbocycles. The third-order valence-corrected chi connectivity index (χ3v) is 3.35. The highest BCUT2D eigenvalue weighted by atomic mass is 35.5. The molecule has 1 N–H and O–H groups in total. The van der Waals surface area contributed by atoms with Gasteiger partial charge in [0, 0.05) is 17.8 Å². The molecule has 0 aliphatic heterocycles. The van der Waals surface area contributed by atoms with Crippen molar-refractivity contribution < 1.29 is 14.1 Å². The van der Waals surface area contributed by atoms with Crippen LogP contribution >= 0.6 is 11.6 Å². The zero-order valence-electron chi connectivity index (χ0n) is 11.5. The second-order valence-corrected chi connectivity index (χ2v) is 4.75. The molecule has 0 unspecified atom stereocenters. The third kappa shape index (κ3) is 2.93. The predicted molar refractivity (Wildman–Crippen MR) is 76.1 cm³/mol. The van der Waals surface area contributed by atoms with E-state index < -0.39 is 5.97 Å². The molecular formula is C14H15ClN2O3. The van der Waals surface area contributed by atoms with Crippen LogP contribution in [0, 0.1) is 13.8 Å². The number of methoxy groups -OCH3 is 1. The number of hydrogen-bond acceptors (Lipinski definition) is 5. The number of rotatable bonds is 4. The molecular weight excluding hydrogens is 280 g/mol. The molecule has 5 nitrogen and oxygen atoms in total. The van der Waals surface area contributed by atoms with Crippen molar-refractivity contribution >= 4 is 23.3 Å². The van der Waals surface area contributed by atoms with Gasteiger partial charge < -0.3 is 14.6 Å². The summed E-state index contributed by atoms with van der Waals surface area (Å²) in [5.74, 6) is 0.313. The molecule has 0 spiro atoms. The fraction of sp³-hybridized carbons (Fsp3) is 0.286. The lowest BCUT2D eigenvalue weighted by atomic mass is 10.1.